The van der Waals surface area contributed by atoms with Crippen molar-refractivity contribution in [2.75, 3.05) is 6.61 Å². The second-order valence-electron chi connectivity index (χ2n) is 4.13. The lowest BCUT2D eigenvalue weighted by molar-refractivity contribution is -0.137. The van der Waals surface area contributed by atoms with Gasteiger partial charge in [0.1, 0.15) is 0 Å². The number of allylic oxidation sites excluding steroid dienone is 3. The highest BCUT2D eigenvalue weighted by molar-refractivity contribution is 5.82. The molecule has 0 aliphatic rings. The number of carbonyl (C=O) groups is 1. The molecule has 0 aromatic carbocycles. The van der Waals surface area contributed by atoms with E-state index in [1.54, 1.807) is 19.9 Å². The first kappa shape index (κ1) is 15.7. The molecule has 0 saturated heterocycles. The van der Waals surface area contributed by atoms with E-state index < -0.39 is 5.60 Å². The first-order valence-corrected chi connectivity index (χ1v) is 5.79. The summed E-state index contributed by atoms with van der Waals surface area (Å²) in [6.45, 7) is 9.34. The number of aliphatic hydroxyl groups is 1. The first-order valence-electron chi connectivity index (χ1n) is 5.79. The molecule has 0 saturated carbocycles. The van der Waals surface area contributed by atoms with Crippen LogP contribution in [0.2, 0.25) is 0 Å². The number of ether oxygens (including phenoxy) is 1. The Morgan fingerprint density at radius 3 is 2.65 bits per heavy atom. The van der Waals surface area contributed by atoms with Gasteiger partial charge in [-0.3, -0.25) is 0 Å². The number of rotatable bonds is 7. The lowest BCUT2D eigenvalue weighted by Gasteiger charge is -2.16. The molecule has 0 amide bonds. The number of carbonyl (C=O) groups excluding carboxylic acids is 1. The first-order chi connectivity index (χ1) is 7.91. The van der Waals surface area contributed by atoms with Gasteiger partial charge >= 0.3 is 5.97 Å². The summed E-state index contributed by atoms with van der Waals surface area (Å²) in [6.07, 6.45) is 7.96. The van der Waals surface area contributed by atoms with E-state index in [2.05, 4.69) is 6.58 Å². The maximum Gasteiger partial charge on any atom is 0.330 e. The molecule has 0 unspecified atom stereocenters. The Morgan fingerprint density at radius 1 is 1.47 bits per heavy atom. The van der Waals surface area contributed by atoms with Gasteiger partial charge in [0.2, 0.25) is 0 Å². The standard InChI is InChI=1S/C14H22O3/c1-5-14(4,16)11-7-8-12(3)9-10-13(15)17-6-2/h5,8-10,16H,1,6-7,11H2,2-4H3/b10-9+,12-8+/t14-/m0/s1. The summed E-state index contributed by atoms with van der Waals surface area (Å²) in [4.78, 5) is 11.0. The normalized spacial score (nSPS) is 15.6. The largest absolute Gasteiger partial charge is 0.463 e. The smallest absolute Gasteiger partial charge is 0.330 e. The van der Waals surface area contributed by atoms with Crippen LogP contribution in [0.3, 0.4) is 0 Å². The van der Waals surface area contributed by atoms with Crippen molar-refractivity contribution in [1.82, 2.24) is 0 Å². The van der Waals surface area contributed by atoms with Gasteiger partial charge in [0.05, 0.1) is 12.2 Å². The van der Waals surface area contributed by atoms with Crippen LogP contribution in [0.5, 0.6) is 0 Å². The van der Waals surface area contributed by atoms with Gasteiger partial charge in [0.15, 0.2) is 0 Å². The predicted octanol–water partition coefficient (Wildman–Crippen LogP) is 2.77. The fourth-order valence-corrected chi connectivity index (χ4v) is 1.15. The summed E-state index contributed by atoms with van der Waals surface area (Å²) in [5, 5.41) is 9.68. The summed E-state index contributed by atoms with van der Waals surface area (Å²) in [7, 11) is 0. The van der Waals surface area contributed by atoms with Crippen molar-refractivity contribution in [3.8, 4) is 0 Å². The summed E-state index contributed by atoms with van der Waals surface area (Å²) < 4.78 is 4.76. The highest BCUT2D eigenvalue weighted by Gasteiger charge is 2.12. The van der Waals surface area contributed by atoms with Crippen LogP contribution >= 0.6 is 0 Å². The van der Waals surface area contributed by atoms with Crippen molar-refractivity contribution < 1.29 is 14.6 Å². The van der Waals surface area contributed by atoms with Crippen molar-refractivity contribution >= 4 is 5.97 Å². The molecule has 0 spiro atoms. The van der Waals surface area contributed by atoms with Crippen LogP contribution in [-0.2, 0) is 9.53 Å². The summed E-state index contributed by atoms with van der Waals surface area (Å²) >= 11 is 0. The van der Waals surface area contributed by atoms with Crippen LogP contribution in [0.1, 0.15) is 33.6 Å². The SMILES string of the molecule is C=C[C@](C)(O)CC/C=C(C)/C=C/C(=O)OCC. The van der Waals surface area contributed by atoms with Gasteiger partial charge in [-0.15, -0.1) is 6.58 Å². The third kappa shape index (κ3) is 8.46. The molecule has 0 aliphatic carbocycles. The Hall–Kier alpha value is -1.35. The minimum absolute atomic E-state index is 0.335. The number of hydrogen-bond donors (Lipinski definition) is 1. The molecule has 0 bridgehead atoms. The van der Waals surface area contributed by atoms with Gasteiger partial charge in [-0.1, -0.05) is 23.8 Å². The summed E-state index contributed by atoms with van der Waals surface area (Å²) in [6, 6.07) is 0. The van der Waals surface area contributed by atoms with E-state index >= 15 is 0 Å². The highest BCUT2D eigenvalue weighted by atomic mass is 16.5. The van der Waals surface area contributed by atoms with Crippen molar-refractivity contribution in [1.29, 1.82) is 0 Å². The maximum atomic E-state index is 11.0. The molecule has 0 radical (unpaired) electrons. The van der Waals surface area contributed by atoms with Crippen LogP contribution < -0.4 is 0 Å². The molecule has 17 heavy (non-hydrogen) atoms. The average molecular weight is 238 g/mol. The monoisotopic (exact) mass is 238 g/mol. The molecular weight excluding hydrogens is 216 g/mol. The van der Waals surface area contributed by atoms with Crippen molar-refractivity contribution in [3.63, 3.8) is 0 Å². The average Bonchev–Trinajstić information content (AvgIpc) is 2.26. The van der Waals surface area contributed by atoms with Crippen LogP contribution in [0.15, 0.2) is 36.5 Å². The van der Waals surface area contributed by atoms with E-state index in [-0.39, 0.29) is 5.97 Å². The van der Waals surface area contributed by atoms with Crippen molar-refractivity contribution in [2.24, 2.45) is 0 Å². The van der Waals surface area contributed by atoms with Gasteiger partial charge in [-0.05, 0) is 33.6 Å². The van der Waals surface area contributed by atoms with Crippen LogP contribution in [0.25, 0.3) is 0 Å². The Balaban J connectivity index is 4.10. The molecule has 0 aromatic rings. The zero-order valence-electron chi connectivity index (χ0n) is 10.9. The van der Waals surface area contributed by atoms with E-state index in [0.29, 0.717) is 13.0 Å². The lowest BCUT2D eigenvalue weighted by Crippen LogP contribution is -2.19. The second kappa shape index (κ2) is 7.85. The fourth-order valence-electron chi connectivity index (χ4n) is 1.15. The Kier molecular flexibility index (Phi) is 7.22. The molecule has 0 aromatic heterocycles. The minimum Gasteiger partial charge on any atom is -0.463 e. The molecule has 3 nitrogen and oxygen atoms in total. The maximum absolute atomic E-state index is 11.0. The molecule has 0 rings (SSSR count). The number of esters is 1. The topological polar surface area (TPSA) is 46.5 Å². The lowest BCUT2D eigenvalue weighted by atomic mass is 10.00. The summed E-state index contributed by atoms with van der Waals surface area (Å²) in [5.74, 6) is -0.335. The fraction of sp³-hybridized carbons (Fsp3) is 0.500. The quantitative estimate of drug-likeness (QED) is 0.321. The minimum atomic E-state index is -0.832. The van der Waals surface area contributed by atoms with Crippen LogP contribution in [0.4, 0.5) is 0 Å². The van der Waals surface area contributed by atoms with E-state index in [1.165, 1.54) is 12.2 Å². The molecule has 96 valence electrons. The predicted molar refractivity (Wildman–Crippen MR) is 69.6 cm³/mol. The Bertz CT molecular complexity index is 311. The zero-order valence-corrected chi connectivity index (χ0v) is 10.9. The van der Waals surface area contributed by atoms with Gasteiger partial charge in [0, 0.05) is 6.08 Å². The Labute approximate surface area is 103 Å². The highest BCUT2D eigenvalue weighted by Crippen LogP contribution is 2.14. The van der Waals surface area contributed by atoms with Crippen LogP contribution in [-0.4, -0.2) is 23.3 Å². The molecule has 3 heteroatoms. The van der Waals surface area contributed by atoms with E-state index in [1.807, 2.05) is 13.0 Å². The van der Waals surface area contributed by atoms with E-state index in [4.69, 9.17) is 4.74 Å². The van der Waals surface area contributed by atoms with Crippen molar-refractivity contribution in [2.45, 2.75) is 39.2 Å². The van der Waals surface area contributed by atoms with Gasteiger partial charge in [0.25, 0.3) is 0 Å². The van der Waals surface area contributed by atoms with Gasteiger partial charge in [-0.25, -0.2) is 4.79 Å². The molecular formula is C14H22O3. The van der Waals surface area contributed by atoms with Gasteiger partial charge < -0.3 is 9.84 Å². The van der Waals surface area contributed by atoms with Gasteiger partial charge in [-0.2, -0.15) is 0 Å². The van der Waals surface area contributed by atoms with E-state index in [0.717, 1.165) is 12.0 Å². The van der Waals surface area contributed by atoms with Crippen molar-refractivity contribution in [3.05, 3.63) is 36.5 Å². The van der Waals surface area contributed by atoms with Crippen LogP contribution in [0, 0.1) is 0 Å². The molecule has 1 N–H and O–H groups in total. The third-order valence-electron chi connectivity index (χ3n) is 2.33. The molecule has 1 atom stereocenters. The zero-order chi connectivity index (χ0) is 13.3. The third-order valence-corrected chi connectivity index (χ3v) is 2.33. The Morgan fingerprint density at radius 2 is 2.12 bits per heavy atom. The van der Waals surface area contributed by atoms with E-state index in [9.17, 15) is 9.90 Å². The number of hydrogen-bond acceptors (Lipinski definition) is 3. The molecule has 0 aliphatic heterocycles. The molecule has 0 heterocycles. The summed E-state index contributed by atoms with van der Waals surface area (Å²) in [5.41, 5.74) is 0.139. The molecule has 0 fully saturated rings. The second-order valence-corrected chi connectivity index (χ2v) is 4.13.